The van der Waals surface area contributed by atoms with Crippen molar-refractivity contribution in [3.63, 3.8) is 0 Å². The molecule has 1 unspecified atom stereocenters. The van der Waals surface area contributed by atoms with Crippen molar-refractivity contribution in [3.05, 3.63) is 59.7 Å². The molecule has 0 fully saturated rings. The zero-order chi connectivity index (χ0) is 19.9. The molecule has 1 aliphatic heterocycles. The van der Waals surface area contributed by atoms with Crippen molar-refractivity contribution in [2.45, 2.75) is 26.4 Å². The van der Waals surface area contributed by atoms with Crippen LogP contribution in [0.25, 0.3) is 0 Å². The number of carbonyl (C=O) groups is 1. The number of hydrogen-bond acceptors (Lipinski definition) is 3. The summed E-state index contributed by atoms with van der Waals surface area (Å²) < 4.78 is 5.97. The van der Waals surface area contributed by atoms with Gasteiger partial charge in [0.25, 0.3) is 0 Å². The van der Waals surface area contributed by atoms with Crippen LogP contribution in [-0.2, 0) is 11.2 Å². The van der Waals surface area contributed by atoms with Crippen molar-refractivity contribution in [2.24, 2.45) is 4.99 Å². The number of aliphatic imine (C=N–C) groups is 1. The fourth-order valence-corrected chi connectivity index (χ4v) is 3.26. The first kappa shape index (κ1) is 23.0. The van der Waals surface area contributed by atoms with Gasteiger partial charge in [-0.2, -0.15) is 0 Å². The molecule has 0 saturated heterocycles. The lowest BCUT2D eigenvalue weighted by Gasteiger charge is -2.20. The number of nitrogens with one attached hydrogen (secondary N) is 2. The lowest BCUT2D eigenvalue weighted by Crippen LogP contribution is -2.46. The summed E-state index contributed by atoms with van der Waals surface area (Å²) in [6.45, 7) is 5.53. The van der Waals surface area contributed by atoms with E-state index in [1.54, 1.807) is 7.05 Å². The van der Waals surface area contributed by atoms with Crippen molar-refractivity contribution in [1.29, 1.82) is 0 Å². The lowest BCUT2D eigenvalue weighted by atomic mass is 10.2. The highest BCUT2D eigenvalue weighted by Gasteiger charge is 2.23. The number of carbonyl (C=O) groups excluding carboxylic acids is 1. The molecule has 0 bridgehead atoms. The van der Waals surface area contributed by atoms with Gasteiger partial charge in [0.15, 0.2) is 5.96 Å². The first-order chi connectivity index (χ1) is 13.6. The van der Waals surface area contributed by atoms with E-state index in [2.05, 4.69) is 21.7 Å². The lowest BCUT2D eigenvalue weighted by molar-refractivity contribution is -0.117. The van der Waals surface area contributed by atoms with E-state index >= 15 is 0 Å². The molecule has 156 valence electrons. The molecule has 1 atom stereocenters. The molecule has 2 aromatic rings. The molecule has 0 spiro atoms. The summed E-state index contributed by atoms with van der Waals surface area (Å²) in [4.78, 5) is 18.6. The molecule has 3 rings (SSSR count). The summed E-state index contributed by atoms with van der Waals surface area (Å²) in [6.07, 6.45) is 0.864. The molecular formula is C22H29IN4O2. The number of hydrogen-bond donors (Lipinski definition) is 2. The summed E-state index contributed by atoms with van der Waals surface area (Å²) in [7, 11) is 1.69. The minimum atomic E-state index is -0.0409. The third kappa shape index (κ3) is 6.09. The predicted molar refractivity (Wildman–Crippen MR) is 129 cm³/mol. The van der Waals surface area contributed by atoms with E-state index in [4.69, 9.17) is 4.74 Å². The molecule has 1 amide bonds. The van der Waals surface area contributed by atoms with E-state index in [1.165, 1.54) is 5.56 Å². The van der Waals surface area contributed by atoms with Crippen LogP contribution >= 0.6 is 24.0 Å². The van der Waals surface area contributed by atoms with Crippen LogP contribution in [0.2, 0.25) is 0 Å². The molecule has 7 heteroatoms. The number of amides is 1. The Morgan fingerprint density at radius 2 is 1.90 bits per heavy atom. The maximum Gasteiger partial charge on any atom is 0.246 e. The largest absolute Gasteiger partial charge is 0.489 e. The van der Waals surface area contributed by atoms with Gasteiger partial charge in [-0.3, -0.25) is 9.79 Å². The second-order valence-corrected chi connectivity index (χ2v) is 6.92. The van der Waals surface area contributed by atoms with Crippen molar-refractivity contribution in [2.75, 3.05) is 31.6 Å². The molecule has 0 aliphatic carbocycles. The molecule has 1 aliphatic rings. The fraction of sp³-hybridized carbons (Fsp3) is 0.364. The average molecular weight is 508 g/mol. The Morgan fingerprint density at radius 1 is 1.17 bits per heavy atom. The molecular weight excluding hydrogens is 479 g/mol. The third-order valence-corrected chi connectivity index (χ3v) is 4.80. The number of aryl methyl sites for hydroxylation is 1. The van der Waals surface area contributed by atoms with E-state index in [1.807, 2.05) is 61.2 Å². The molecule has 2 N–H and O–H groups in total. The number of benzene rings is 2. The molecule has 0 aromatic heterocycles. The molecule has 0 radical (unpaired) electrons. The van der Waals surface area contributed by atoms with Crippen LogP contribution in [0, 0.1) is 6.92 Å². The van der Waals surface area contributed by atoms with Crippen LogP contribution in [-0.4, -0.2) is 44.7 Å². The molecule has 1 heterocycles. The van der Waals surface area contributed by atoms with Crippen molar-refractivity contribution in [3.8, 4) is 5.75 Å². The van der Waals surface area contributed by atoms with Gasteiger partial charge >= 0.3 is 0 Å². The number of fused-ring (bicyclic) bond motifs is 1. The monoisotopic (exact) mass is 508 g/mol. The van der Waals surface area contributed by atoms with Crippen molar-refractivity contribution >= 4 is 41.5 Å². The van der Waals surface area contributed by atoms with Gasteiger partial charge < -0.3 is 20.3 Å². The first-order valence-corrected chi connectivity index (χ1v) is 9.63. The van der Waals surface area contributed by atoms with Gasteiger partial charge in [-0.25, -0.2) is 0 Å². The second-order valence-electron chi connectivity index (χ2n) is 6.92. The highest BCUT2D eigenvalue weighted by atomic mass is 127. The molecule has 2 aromatic carbocycles. The number of ether oxygens (including phenoxy) is 1. The van der Waals surface area contributed by atoms with Crippen LogP contribution in [0.1, 0.15) is 18.1 Å². The Labute approximate surface area is 189 Å². The summed E-state index contributed by atoms with van der Waals surface area (Å²) in [6, 6.07) is 16.0. The van der Waals surface area contributed by atoms with Gasteiger partial charge in [0, 0.05) is 19.3 Å². The Bertz CT molecular complexity index is 856. The first-order valence-electron chi connectivity index (χ1n) is 9.63. The second kappa shape index (κ2) is 11.0. The number of para-hydroxylation sites is 2. The molecule has 29 heavy (non-hydrogen) atoms. The van der Waals surface area contributed by atoms with Crippen LogP contribution in [0.4, 0.5) is 5.69 Å². The van der Waals surface area contributed by atoms with Crippen LogP contribution < -0.4 is 20.3 Å². The Balaban J connectivity index is 0.00000300. The maximum atomic E-state index is 12.6. The van der Waals surface area contributed by atoms with Gasteiger partial charge in [0.1, 0.15) is 11.9 Å². The quantitative estimate of drug-likeness (QED) is 0.358. The number of anilines is 1. The predicted octanol–water partition coefficient (Wildman–Crippen LogP) is 3.13. The Hall–Kier alpha value is -2.29. The number of guanidine groups is 1. The summed E-state index contributed by atoms with van der Waals surface area (Å²) in [5, 5.41) is 6.32. The summed E-state index contributed by atoms with van der Waals surface area (Å²) in [5.41, 5.74) is 3.34. The van der Waals surface area contributed by atoms with Crippen LogP contribution in [0.3, 0.4) is 0 Å². The summed E-state index contributed by atoms with van der Waals surface area (Å²) >= 11 is 0. The van der Waals surface area contributed by atoms with Crippen molar-refractivity contribution in [1.82, 2.24) is 10.6 Å². The van der Waals surface area contributed by atoms with Gasteiger partial charge in [-0.15, -0.1) is 24.0 Å². The van der Waals surface area contributed by atoms with E-state index in [9.17, 15) is 4.79 Å². The summed E-state index contributed by atoms with van der Waals surface area (Å²) in [5.74, 6) is 1.50. The van der Waals surface area contributed by atoms with E-state index in [0.717, 1.165) is 30.0 Å². The van der Waals surface area contributed by atoms with E-state index < -0.39 is 0 Å². The Morgan fingerprint density at radius 3 is 2.66 bits per heavy atom. The highest BCUT2D eigenvalue weighted by Crippen LogP contribution is 2.27. The SMILES string of the molecule is CN=C(NCC(=O)N1CCc2ccccc21)NCC(C)Oc1ccccc1C.I. The minimum absolute atomic E-state index is 0. The molecule has 0 saturated carbocycles. The fourth-order valence-electron chi connectivity index (χ4n) is 3.26. The maximum absolute atomic E-state index is 12.6. The number of rotatable bonds is 6. The smallest absolute Gasteiger partial charge is 0.246 e. The van der Waals surface area contributed by atoms with Crippen LogP contribution in [0.15, 0.2) is 53.5 Å². The van der Waals surface area contributed by atoms with Crippen molar-refractivity contribution < 1.29 is 9.53 Å². The number of halogens is 1. The topological polar surface area (TPSA) is 66.0 Å². The van der Waals surface area contributed by atoms with Gasteiger partial charge in [-0.1, -0.05) is 36.4 Å². The molecule has 6 nitrogen and oxygen atoms in total. The van der Waals surface area contributed by atoms with Gasteiger partial charge in [-0.05, 0) is 43.5 Å². The highest BCUT2D eigenvalue weighted by molar-refractivity contribution is 14.0. The zero-order valence-electron chi connectivity index (χ0n) is 17.1. The van der Waals surface area contributed by atoms with Gasteiger partial charge in [0.05, 0.1) is 13.1 Å². The zero-order valence-corrected chi connectivity index (χ0v) is 19.5. The Kier molecular flexibility index (Phi) is 8.75. The third-order valence-electron chi connectivity index (χ3n) is 4.80. The van der Waals surface area contributed by atoms with E-state index in [-0.39, 0.29) is 42.5 Å². The van der Waals surface area contributed by atoms with Gasteiger partial charge in [0.2, 0.25) is 5.91 Å². The minimum Gasteiger partial charge on any atom is -0.489 e. The standard InChI is InChI=1S/C22H28N4O2.HI/c1-16-8-4-7-11-20(16)28-17(2)14-24-22(23-3)25-15-21(27)26-13-12-18-9-5-6-10-19(18)26;/h4-11,17H,12-15H2,1-3H3,(H2,23,24,25);1H. The normalized spacial score (nSPS) is 13.9. The van der Waals surface area contributed by atoms with Crippen LogP contribution in [0.5, 0.6) is 5.75 Å². The van der Waals surface area contributed by atoms with E-state index in [0.29, 0.717) is 12.5 Å². The number of nitrogens with zero attached hydrogens (tertiary/aromatic N) is 2. The average Bonchev–Trinajstić information content (AvgIpc) is 3.14.